The minimum absolute atomic E-state index is 0.00336. The zero-order valence-electron chi connectivity index (χ0n) is 11.7. The molecule has 0 fully saturated rings. The first-order chi connectivity index (χ1) is 10.0. The molecule has 0 radical (unpaired) electrons. The number of fused-ring (bicyclic) bond motifs is 1. The molecule has 1 unspecified atom stereocenters. The molecule has 0 aromatic carbocycles. The number of aromatic nitrogens is 4. The second-order valence-corrected chi connectivity index (χ2v) is 4.83. The molecule has 0 spiro atoms. The van der Waals surface area contributed by atoms with Crippen molar-refractivity contribution in [3.05, 3.63) is 16.7 Å². The molecule has 0 amide bonds. The first-order valence-corrected chi connectivity index (χ1v) is 6.62. The van der Waals surface area contributed by atoms with Crippen LogP contribution in [0.1, 0.15) is 13.3 Å². The SMILES string of the molecule is CC(O)OC[C@H](CCO)Cn1cnc2c(=O)[nH]c(N)nc21. The van der Waals surface area contributed by atoms with Crippen molar-refractivity contribution >= 4 is 17.1 Å². The van der Waals surface area contributed by atoms with Crippen molar-refractivity contribution in [1.29, 1.82) is 0 Å². The second-order valence-electron chi connectivity index (χ2n) is 4.83. The first kappa shape index (κ1) is 15.4. The summed E-state index contributed by atoms with van der Waals surface area (Å²) in [5, 5.41) is 18.3. The van der Waals surface area contributed by atoms with Gasteiger partial charge in [0.25, 0.3) is 5.56 Å². The van der Waals surface area contributed by atoms with Gasteiger partial charge in [0, 0.05) is 19.1 Å². The number of anilines is 1. The number of rotatable bonds is 7. The number of H-pyrrole nitrogens is 1. The highest BCUT2D eigenvalue weighted by atomic mass is 16.6. The summed E-state index contributed by atoms with van der Waals surface area (Å²) in [6, 6.07) is 0. The Morgan fingerprint density at radius 3 is 3.00 bits per heavy atom. The van der Waals surface area contributed by atoms with Crippen LogP contribution < -0.4 is 11.3 Å². The van der Waals surface area contributed by atoms with Crippen molar-refractivity contribution in [2.24, 2.45) is 5.92 Å². The number of nitrogens with zero attached hydrogens (tertiary/aromatic N) is 3. The minimum atomic E-state index is -0.873. The van der Waals surface area contributed by atoms with Gasteiger partial charge in [-0.15, -0.1) is 0 Å². The number of nitrogens with one attached hydrogen (secondary N) is 1. The molecule has 0 bridgehead atoms. The molecule has 0 saturated carbocycles. The molecular weight excluding hydrogens is 278 g/mol. The van der Waals surface area contributed by atoms with Crippen molar-refractivity contribution in [2.45, 2.75) is 26.2 Å². The molecule has 0 aliphatic heterocycles. The van der Waals surface area contributed by atoms with Crippen LogP contribution >= 0.6 is 0 Å². The number of nitrogen functional groups attached to an aromatic ring is 1. The third-order valence-corrected chi connectivity index (χ3v) is 3.06. The van der Waals surface area contributed by atoms with Crippen molar-refractivity contribution in [1.82, 2.24) is 19.5 Å². The van der Waals surface area contributed by atoms with Gasteiger partial charge >= 0.3 is 0 Å². The Kier molecular flexibility index (Phi) is 4.89. The van der Waals surface area contributed by atoms with Crippen LogP contribution in [-0.2, 0) is 11.3 Å². The maximum atomic E-state index is 11.7. The summed E-state index contributed by atoms with van der Waals surface area (Å²) < 4.78 is 6.85. The molecule has 2 aromatic rings. The molecule has 2 aromatic heterocycles. The topological polar surface area (TPSA) is 139 Å². The van der Waals surface area contributed by atoms with E-state index < -0.39 is 11.8 Å². The van der Waals surface area contributed by atoms with Gasteiger partial charge in [0.2, 0.25) is 5.95 Å². The second kappa shape index (κ2) is 6.66. The molecule has 2 heterocycles. The van der Waals surface area contributed by atoms with E-state index in [4.69, 9.17) is 20.7 Å². The van der Waals surface area contributed by atoms with Gasteiger partial charge < -0.3 is 25.3 Å². The van der Waals surface area contributed by atoms with Gasteiger partial charge in [-0.2, -0.15) is 4.98 Å². The zero-order valence-corrected chi connectivity index (χ0v) is 11.7. The summed E-state index contributed by atoms with van der Waals surface area (Å²) in [5.74, 6) is -0.0301. The number of aliphatic hydroxyl groups excluding tert-OH is 2. The van der Waals surface area contributed by atoms with Crippen LogP contribution in [0.5, 0.6) is 0 Å². The van der Waals surface area contributed by atoms with Gasteiger partial charge in [0.15, 0.2) is 17.5 Å². The highest BCUT2D eigenvalue weighted by molar-refractivity contribution is 5.70. The van der Waals surface area contributed by atoms with Crippen LogP contribution in [0.15, 0.2) is 11.1 Å². The maximum absolute atomic E-state index is 11.7. The van der Waals surface area contributed by atoms with Gasteiger partial charge in [0.1, 0.15) is 0 Å². The quantitative estimate of drug-likeness (QED) is 0.483. The molecule has 0 saturated heterocycles. The fourth-order valence-corrected chi connectivity index (χ4v) is 2.07. The molecule has 2 rings (SSSR count). The molecular formula is C12H19N5O4. The predicted octanol–water partition coefficient (Wildman–Crippen LogP) is -0.945. The smallest absolute Gasteiger partial charge is 0.280 e. The van der Waals surface area contributed by atoms with E-state index in [0.29, 0.717) is 18.6 Å². The first-order valence-electron chi connectivity index (χ1n) is 6.62. The van der Waals surface area contributed by atoms with E-state index in [2.05, 4.69) is 15.0 Å². The van der Waals surface area contributed by atoms with Crippen LogP contribution in [0.2, 0.25) is 0 Å². The number of hydrogen-bond donors (Lipinski definition) is 4. The van der Waals surface area contributed by atoms with E-state index in [9.17, 15) is 4.79 Å². The summed E-state index contributed by atoms with van der Waals surface area (Å²) in [7, 11) is 0. The van der Waals surface area contributed by atoms with Gasteiger partial charge in [0.05, 0.1) is 12.9 Å². The Bertz CT molecular complexity index is 651. The Morgan fingerprint density at radius 1 is 1.57 bits per heavy atom. The third-order valence-electron chi connectivity index (χ3n) is 3.06. The monoisotopic (exact) mass is 297 g/mol. The van der Waals surface area contributed by atoms with Crippen molar-refractivity contribution in [3.8, 4) is 0 Å². The van der Waals surface area contributed by atoms with E-state index >= 15 is 0 Å². The number of nitrogens with two attached hydrogens (primary N) is 1. The molecule has 116 valence electrons. The van der Waals surface area contributed by atoms with E-state index in [1.807, 2.05) is 0 Å². The molecule has 5 N–H and O–H groups in total. The standard InChI is InChI=1S/C12H19N5O4/c1-7(19)21-5-8(2-3-18)4-17-6-14-9-10(17)15-12(13)16-11(9)20/h6-8,18-19H,2-5H2,1H3,(H3,13,15,16,20)/t7?,8-/m1/s1. The van der Waals surface area contributed by atoms with Gasteiger partial charge in [-0.05, 0) is 13.3 Å². The number of ether oxygens (including phenoxy) is 1. The number of aliphatic hydroxyl groups is 2. The van der Waals surface area contributed by atoms with Crippen LogP contribution in [0.3, 0.4) is 0 Å². The average Bonchev–Trinajstić information content (AvgIpc) is 2.79. The van der Waals surface area contributed by atoms with E-state index in [1.165, 1.54) is 13.3 Å². The van der Waals surface area contributed by atoms with Gasteiger partial charge in [-0.25, -0.2) is 4.98 Å². The fraction of sp³-hybridized carbons (Fsp3) is 0.583. The number of hydrogen-bond acceptors (Lipinski definition) is 7. The van der Waals surface area contributed by atoms with E-state index in [0.717, 1.165) is 0 Å². The van der Waals surface area contributed by atoms with Crippen molar-refractivity contribution in [2.75, 3.05) is 18.9 Å². The molecule has 9 heteroatoms. The Labute approximate surface area is 120 Å². The van der Waals surface area contributed by atoms with Crippen molar-refractivity contribution in [3.63, 3.8) is 0 Å². The Balaban J connectivity index is 2.22. The molecule has 0 aliphatic carbocycles. The summed E-state index contributed by atoms with van der Waals surface area (Å²) in [5.41, 5.74) is 5.74. The van der Waals surface area contributed by atoms with E-state index in [1.54, 1.807) is 4.57 Å². The average molecular weight is 297 g/mol. The Morgan fingerprint density at radius 2 is 2.33 bits per heavy atom. The zero-order chi connectivity index (χ0) is 15.4. The van der Waals surface area contributed by atoms with Crippen LogP contribution in [-0.4, -0.2) is 49.2 Å². The molecule has 2 atom stereocenters. The molecule has 9 nitrogen and oxygen atoms in total. The summed E-state index contributed by atoms with van der Waals surface area (Å²) in [6.07, 6.45) is 1.12. The number of imidazole rings is 1. The lowest BCUT2D eigenvalue weighted by molar-refractivity contribution is -0.0990. The normalized spacial score (nSPS) is 14.4. The highest BCUT2D eigenvalue weighted by Gasteiger charge is 2.15. The summed E-state index contributed by atoms with van der Waals surface area (Å²) >= 11 is 0. The van der Waals surface area contributed by atoms with Crippen LogP contribution in [0.25, 0.3) is 11.2 Å². The van der Waals surface area contributed by atoms with Crippen molar-refractivity contribution < 1.29 is 14.9 Å². The Hall–Kier alpha value is -1.97. The summed E-state index contributed by atoms with van der Waals surface area (Å²) in [6.45, 7) is 2.23. The lowest BCUT2D eigenvalue weighted by Crippen LogP contribution is -2.21. The highest BCUT2D eigenvalue weighted by Crippen LogP contribution is 2.13. The predicted molar refractivity (Wildman–Crippen MR) is 75.4 cm³/mol. The fourth-order valence-electron chi connectivity index (χ4n) is 2.07. The molecule has 0 aliphatic rings. The lowest BCUT2D eigenvalue weighted by Gasteiger charge is -2.18. The maximum Gasteiger partial charge on any atom is 0.280 e. The van der Waals surface area contributed by atoms with Crippen LogP contribution in [0.4, 0.5) is 5.95 Å². The minimum Gasteiger partial charge on any atom is -0.396 e. The van der Waals surface area contributed by atoms with Crippen LogP contribution in [0, 0.1) is 5.92 Å². The van der Waals surface area contributed by atoms with E-state index in [-0.39, 0.29) is 30.6 Å². The summed E-state index contributed by atoms with van der Waals surface area (Å²) in [4.78, 5) is 22.2. The lowest BCUT2D eigenvalue weighted by atomic mass is 10.1. The van der Waals surface area contributed by atoms with Gasteiger partial charge in [-0.1, -0.05) is 0 Å². The van der Waals surface area contributed by atoms with Gasteiger partial charge in [-0.3, -0.25) is 9.78 Å². The number of aromatic amines is 1. The molecule has 21 heavy (non-hydrogen) atoms. The largest absolute Gasteiger partial charge is 0.396 e. The third kappa shape index (κ3) is 3.78.